The highest BCUT2D eigenvalue weighted by Gasteiger charge is 2.07. The number of nitrogen functional groups attached to an aromatic ring is 1. The average molecular weight is 300 g/mol. The van der Waals surface area contributed by atoms with E-state index in [1.807, 2.05) is 31.2 Å². The molecule has 0 saturated carbocycles. The molecular weight excluding hydrogens is 280 g/mol. The van der Waals surface area contributed by atoms with Gasteiger partial charge in [-0.05, 0) is 42.8 Å². The fourth-order valence-corrected chi connectivity index (χ4v) is 2.03. The lowest BCUT2D eigenvalue weighted by molar-refractivity contribution is -0.116. The molecule has 116 valence electrons. The number of ether oxygens (including phenoxy) is 2. The molecule has 5 nitrogen and oxygen atoms in total. The van der Waals surface area contributed by atoms with Gasteiger partial charge in [-0.1, -0.05) is 12.1 Å². The molecule has 2 rings (SSSR count). The van der Waals surface area contributed by atoms with Crippen LogP contribution in [-0.2, 0) is 4.79 Å². The van der Waals surface area contributed by atoms with Crippen LogP contribution in [0.5, 0.6) is 11.5 Å². The molecule has 0 aromatic heterocycles. The number of rotatable bonds is 6. The fraction of sp³-hybridized carbons (Fsp3) is 0.235. The maximum Gasteiger partial charge on any atom is 0.227 e. The van der Waals surface area contributed by atoms with Crippen molar-refractivity contribution in [2.45, 2.75) is 13.3 Å². The smallest absolute Gasteiger partial charge is 0.227 e. The molecule has 5 heteroatoms. The van der Waals surface area contributed by atoms with Gasteiger partial charge in [0.25, 0.3) is 0 Å². The van der Waals surface area contributed by atoms with E-state index in [2.05, 4.69) is 5.32 Å². The van der Waals surface area contributed by atoms with Crippen LogP contribution in [0, 0.1) is 6.92 Å². The molecular formula is C17H20N2O3. The second-order valence-corrected chi connectivity index (χ2v) is 4.87. The third-order valence-corrected chi connectivity index (χ3v) is 3.18. The van der Waals surface area contributed by atoms with Gasteiger partial charge in [-0.15, -0.1) is 0 Å². The summed E-state index contributed by atoms with van der Waals surface area (Å²) in [6, 6.07) is 12.7. The van der Waals surface area contributed by atoms with Crippen LogP contribution in [0.3, 0.4) is 0 Å². The third-order valence-electron chi connectivity index (χ3n) is 3.18. The van der Waals surface area contributed by atoms with Crippen LogP contribution in [0.15, 0.2) is 42.5 Å². The first-order valence-corrected chi connectivity index (χ1v) is 7.02. The Balaban J connectivity index is 1.85. The lowest BCUT2D eigenvalue weighted by Crippen LogP contribution is -2.16. The van der Waals surface area contributed by atoms with Crippen molar-refractivity contribution in [1.29, 1.82) is 0 Å². The molecule has 1 amide bonds. The topological polar surface area (TPSA) is 73.6 Å². The molecule has 0 aliphatic carbocycles. The lowest BCUT2D eigenvalue weighted by atomic mass is 10.2. The summed E-state index contributed by atoms with van der Waals surface area (Å²) in [5, 5.41) is 2.85. The predicted molar refractivity (Wildman–Crippen MR) is 87.3 cm³/mol. The highest BCUT2D eigenvalue weighted by Crippen LogP contribution is 2.25. The molecule has 0 bridgehead atoms. The van der Waals surface area contributed by atoms with E-state index in [0.717, 1.165) is 11.3 Å². The number of hydrogen-bond donors (Lipinski definition) is 2. The normalized spacial score (nSPS) is 10.1. The zero-order chi connectivity index (χ0) is 15.9. The second-order valence-electron chi connectivity index (χ2n) is 4.87. The molecule has 0 spiro atoms. The van der Waals surface area contributed by atoms with Gasteiger partial charge in [0.05, 0.1) is 20.1 Å². The van der Waals surface area contributed by atoms with Gasteiger partial charge in [0.1, 0.15) is 0 Å². The minimum Gasteiger partial charge on any atom is -0.493 e. The minimum atomic E-state index is -0.109. The summed E-state index contributed by atoms with van der Waals surface area (Å²) in [7, 11) is 1.58. The van der Waals surface area contributed by atoms with Gasteiger partial charge in [-0.3, -0.25) is 4.79 Å². The van der Waals surface area contributed by atoms with E-state index in [4.69, 9.17) is 15.2 Å². The zero-order valence-corrected chi connectivity index (χ0v) is 12.8. The van der Waals surface area contributed by atoms with Crippen LogP contribution in [0.1, 0.15) is 12.0 Å². The van der Waals surface area contributed by atoms with Crippen LogP contribution in [0.2, 0.25) is 0 Å². The van der Waals surface area contributed by atoms with Crippen molar-refractivity contribution >= 4 is 17.3 Å². The first kappa shape index (κ1) is 15.7. The Hall–Kier alpha value is -2.69. The summed E-state index contributed by atoms with van der Waals surface area (Å²) in [4.78, 5) is 11.9. The molecule has 0 aliphatic rings. The van der Waals surface area contributed by atoms with E-state index < -0.39 is 0 Å². The molecule has 0 fully saturated rings. The molecule has 0 unspecified atom stereocenters. The van der Waals surface area contributed by atoms with Gasteiger partial charge in [0.2, 0.25) is 5.91 Å². The van der Waals surface area contributed by atoms with E-state index in [1.165, 1.54) is 0 Å². The van der Waals surface area contributed by atoms with Crippen LogP contribution < -0.4 is 20.5 Å². The Labute approximate surface area is 130 Å². The first-order valence-electron chi connectivity index (χ1n) is 7.02. The molecule has 3 N–H and O–H groups in total. The Bertz CT molecular complexity index is 656. The Morgan fingerprint density at radius 1 is 1.18 bits per heavy atom. The van der Waals surface area contributed by atoms with Crippen molar-refractivity contribution in [3.8, 4) is 11.5 Å². The van der Waals surface area contributed by atoms with Crippen molar-refractivity contribution in [1.82, 2.24) is 0 Å². The van der Waals surface area contributed by atoms with E-state index in [-0.39, 0.29) is 18.9 Å². The minimum absolute atomic E-state index is 0.109. The molecule has 22 heavy (non-hydrogen) atoms. The summed E-state index contributed by atoms with van der Waals surface area (Å²) in [5.74, 6) is 1.17. The monoisotopic (exact) mass is 300 g/mol. The van der Waals surface area contributed by atoms with Gasteiger partial charge < -0.3 is 20.5 Å². The SMILES string of the molecule is COc1ccccc1OCCC(=O)Nc1ccc(N)cc1C. The number of methoxy groups -OCH3 is 1. The zero-order valence-electron chi connectivity index (χ0n) is 12.8. The highest BCUT2D eigenvalue weighted by molar-refractivity contribution is 5.91. The summed E-state index contributed by atoms with van der Waals surface area (Å²) in [6.07, 6.45) is 0.252. The van der Waals surface area contributed by atoms with Gasteiger partial charge in [0, 0.05) is 11.4 Å². The number of aryl methyl sites for hydroxylation is 1. The summed E-state index contributed by atoms with van der Waals surface area (Å²) in [6.45, 7) is 2.18. The predicted octanol–water partition coefficient (Wildman–Crippen LogP) is 2.99. The van der Waals surface area contributed by atoms with Crippen molar-refractivity contribution < 1.29 is 14.3 Å². The Morgan fingerprint density at radius 3 is 2.59 bits per heavy atom. The van der Waals surface area contributed by atoms with E-state index in [0.29, 0.717) is 17.2 Å². The molecule has 0 atom stereocenters. The number of hydrogen-bond acceptors (Lipinski definition) is 4. The van der Waals surface area contributed by atoms with E-state index in [1.54, 1.807) is 25.3 Å². The number of benzene rings is 2. The molecule has 0 radical (unpaired) electrons. The number of amides is 1. The fourth-order valence-electron chi connectivity index (χ4n) is 2.03. The number of carbonyl (C=O) groups excluding carboxylic acids is 1. The largest absolute Gasteiger partial charge is 0.493 e. The van der Waals surface area contributed by atoms with Crippen LogP contribution in [0.25, 0.3) is 0 Å². The maximum atomic E-state index is 11.9. The number of carbonyl (C=O) groups is 1. The van der Waals surface area contributed by atoms with Crippen molar-refractivity contribution in [3.63, 3.8) is 0 Å². The lowest BCUT2D eigenvalue weighted by Gasteiger charge is -2.11. The van der Waals surface area contributed by atoms with Crippen LogP contribution in [-0.4, -0.2) is 19.6 Å². The molecule has 0 saturated heterocycles. The van der Waals surface area contributed by atoms with Crippen LogP contribution in [0.4, 0.5) is 11.4 Å². The molecule has 2 aromatic carbocycles. The number of nitrogens with two attached hydrogens (primary N) is 1. The number of anilines is 2. The summed E-state index contributed by atoms with van der Waals surface area (Å²) >= 11 is 0. The van der Waals surface area contributed by atoms with Gasteiger partial charge in [0.15, 0.2) is 11.5 Å². The quantitative estimate of drug-likeness (QED) is 0.804. The summed E-state index contributed by atoms with van der Waals surface area (Å²) in [5.41, 5.74) is 8.05. The molecule has 0 heterocycles. The van der Waals surface area contributed by atoms with Gasteiger partial charge in [-0.2, -0.15) is 0 Å². The highest BCUT2D eigenvalue weighted by atomic mass is 16.5. The molecule has 2 aromatic rings. The first-order chi connectivity index (χ1) is 10.6. The van der Waals surface area contributed by atoms with Gasteiger partial charge >= 0.3 is 0 Å². The van der Waals surface area contributed by atoms with E-state index in [9.17, 15) is 4.79 Å². The molecule has 0 aliphatic heterocycles. The van der Waals surface area contributed by atoms with Gasteiger partial charge in [-0.25, -0.2) is 0 Å². The standard InChI is InChI=1S/C17H20N2O3/c1-12-11-13(18)7-8-14(12)19-17(20)9-10-22-16-6-4-3-5-15(16)21-2/h3-8,11H,9-10,18H2,1-2H3,(H,19,20). The van der Waals surface area contributed by atoms with Crippen LogP contribution >= 0.6 is 0 Å². The van der Waals surface area contributed by atoms with E-state index >= 15 is 0 Å². The summed E-state index contributed by atoms with van der Waals surface area (Å²) < 4.78 is 10.8. The Kier molecular flexibility index (Phi) is 5.25. The van der Waals surface area contributed by atoms with Crippen molar-refractivity contribution in [3.05, 3.63) is 48.0 Å². The van der Waals surface area contributed by atoms with Crippen molar-refractivity contribution in [2.24, 2.45) is 0 Å². The average Bonchev–Trinajstić information content (AvgIpc) is 2.50. The van der Waals surface area contributed by atoms with Crippen molar-refractivity contribution in [2.75, 3.05) is 24.8 Å². The second kappa shape index (κ2) is 7.36. The number of nitrogens with one attached hydrogen (secondary N) is 1. The Morgan fingerprint density at radius 2 is 1.91 bits per heavy atom. The maximum absolute atomic E-state index is 11.9. The number of para-hydroxylation sites is 2. The third kappa shape index (κ3) is 4.15.